The van der Waals surface area contributed by atoms with Gasteiger partial charge in [0.05, 0.1) is 23.0 Å². The molecule has 3 aliphatic rings. The number of aliphatic carboxylic acids is 1. The lowest BCUT2D eigenvalue weighted by atomic mass is 9.73. The Labute approximate surface area is 228 Å². The molecule has 210 valence electrons. The molecule has 0 spiro atoms. The zero-order valence-electron chi connectivity index (χ0n) is 21.9. The summed E-state index contributed by atoms with van der Waals surface area (Å²) in [5.41, 5.74) is -0.766. The van der Waals surface area contributed by atoms with Gasteiger partial charge in [0.2, 0.25) is 11.8 Å². The second-order valence-corrected chi connectivity index (χ2v) is 11.5. The van der Waals surface area contributed by atoms with E-state index in [4.69, 9.17) is 4.74 Å². The third kappa shape index (κ3) is 4.82. The highest BCUT2D eigenvalue weighted by atomic mass is 32.2. The number of amides is 3. The fourth-order valence-corrected chi connectivity index (χ4v) is 7.13. The van der Waals surface area contributed by atoms with E-state index < -0.39 is 40.6 Å². The Kier molecular flexibility index (Phi) is 7.63. The number of non-ortho nitro benzene ring substituents is 1. The standard InChI is InChI=1S/C25H30N4O9S/c1-13-21(20(23(33)34)28-19(31)10-25(13,28)14(2)30)39-17-9-18(22(32)26(3)4)27(11-17)24(35)38-12-15-5-7-16(8-6-15)29(36)37/h5-8,13-14,17-18,30H,9-12H2,1-4H3,(H,33,34)/t13-,14+,17-,18-,25?/m0/s1. The number of aliphatic hydroxyl groups is 1. The fraction of sp³-hybridized carbons (Fsp3) is 0.520. The summed E-state index contributed by atoms with van der Waals surface area (Å²) in [5, 5.41) is 30.9. The van der Waals surface area contributed by atoms with Gasteiger partial charge in [-0.3, -0.25) is 29.5 Å². The zero-order valence-corrected chi connectivity index (χ0v) is 22.7. The van der Waals surface area contributed by atoms with Gasteiger partial charge in [0.15, 0.2) is 0 Å². The smallest absolute Gasteiger partial charge is 0.410 e. The van der Waals surface area contributed by atoms with Gasteiger partial charge in [0.1, 0.15) is 18.3 Å². The van der Waals surface area contributed by atoms with E-state index in [2.05, 4.69) is 0 Å². The van der Waals surface area contributed by atoms with Crippen LogP contribution in [0.25, 0.3) is 0 Å². The van der Waals surface area contributed by atoms with E-state index in [1.54, 1.807) is 21.0 Å². The Morgan fingerprint density at radius 2 is 1.92 bits per heavy atom. The molecule has 14 heteroatoms. The van der Waals surface area contributed by atoms with Crippen LogP contribution in [0.15, 0.2) is 34.9 Å². The Morgan fingerprint density at radius 1 is 1.28 bits per heavy atom. The van der Waals surface area contributed by atoms with E-state index in [1.165, 1.54) is 57.7 Å². The number of thioether (sulfide) groups is 1. The van der Waals surface area contributed by atoms with Crippen LogP contribution in [0.2, 0.25) is 0 Å². The number of fused-ring (bicyclic) bond motifs is 1. The predicted molar refractivity (Wildman–Crippen MR) is 138 cm³/mol. The molecule has 3 heterocycles. The number of β-lactam (4-membered cyclic amide) rings is 1. The lowest BCUT2D eigenvalue weighted by Crippen LogP contribution is -2.68. The van der Waals surface area contributed by atoms with E-state index in [0.29, 0.717) is 10.5 Å². The van der Waals surface area contributed by atoms with Crippen LogP contribution in [-0.4, -0.2) is 97.3 Å². The Hall–Kier alpha value is -3.65. The lowest BCUT2D eigenvalue weighted by molar-refractivity contribution is -0.384. The van der Waals surface area contributed by atoms with Crippen molar-refractivity contribution in [3.8, 4) is 0 Å². The molecule has 13 nitrogen and oxygen atoms in total. The summed E-state index contributed by atoms with van der Waals surface area (Å²) in [6.07, 6.45) is -1.45. The maximum absolute atomic E-state index is 13.1. The van der Waals surface area contributed by atoms with Gasteiger partial charge in [-0.15, -0.1) is 11.8 Å². The van der Waals surface area contributed by atoms with E-state index in [-0.39, 0.29) is 54.4 Å². The van der Waals surface area contributed by atoms with Gasteiger partial charge >= 0.3 is 12.1 Å². The van der Waals surface area contributed by atoms with Crippen molar-refractivity contribution >= 4 is 41.3 Å². The van der Waals surface area contributed by atoms with E-state index in [1.807, 2.05) is 0 Å². The topological polar surface area (TPSA) is 171 Å². The summed E-state index contributed by atoms with van der Waals surface area (Å²) in [4.78, 5) is 65.3. The van der Waals surface area contributed by atoms with Crippen LogP contribution in [0.4, 0.5) is 10.5 Å². The highest BCUT2D eigenvalue weighted by molar-refractivity contribution is 8.03. The number of hydrogen-bond acceptors (Lipinski definition) is 9. The van der Waals surface area contributed by atoms with Gasteiger partial charge in [-0.2, -0.15) is 0 Å². The normalized spacial score (nSPS) is 26.7. The van der Waals surface area contributed by atoms with Crippen molar-refractivity contribution in [1.82, 2.24) is 14.7 Å². The number of ether oxygens (including phenoxy) is 1. The second kappa shape index (κ2) is 10.5. The van der Waals surface area contributed by atoms with Crippen LogP contribution < -0.4 is 0 Å². The number of nitro benzene ring substituents is 1. The average molecular weight is 563 g/mol. The summed E-state index contributed by atoms with van der Waals surface area (Å²) < 4.78 is 5.42. The fourth-order valence-electron chi connectivity index (χ4n) is 5.56. The molecule has 2 N–H and O–H groups in total. The minimum atomic E-state index is -1.28. The molecule has 0 saturated carbocycles. The van der Waals surface area contributed by atoms with Crippen molar-refractivity contribution in [1.29, 1.82) is 0 Å². The number of carbonyl (C=O) groups is 4. The van der Waals surface area contributed by atoms with Crippen LogP contribution in [0.5, 0.6) is 0 Å². The van der Waals surface area contributed by atoms with Crippen LogP contribution in [-0.2, 0) is 25.7 Å². The van der Waals surface area contributed by atoms with Crippen LogP contribution in [0.1, 0.15) is 32.3 Å². The maximum atomic E-state index is 13.1. The number of nitrogens with zero attached hydrogens (tertiary/aromatic N) is 4. The van der Waals surface area contributed by atoms with E-state index >= 15 is 0 Å². The van der Waals surface area contributed by atoms with Gasteiger partial charge in [-0.05, 0) is 31.0 Å². The third-order valence-corrected chi connectivity index (χ3v) is 9.13. The van der Waals surface area contributed by atoms with Gasteiger partial charge < -0.3 is 19.8 Å². The molecule has 2 saturated heterocycles. The number of likely N-dealkylation sites (N-methyl/N-ethyl adjacent to an activating group) is 1. The minimum Gasteiger partial charge on any atom is -0.477 e. The number of nitro groups is 1. The van der Waals surface area contributed by atoms with Crippen molar-refractivity contribution in [3.05, 3.63) is 50.5 Å². The van der Waals surface area contributed by atoms with Gasteiger partial charge in [-0.25, -0.2) is 9.59 Å². The molecule has 2 fully saturated rings. The SMILES string of the molecule is C[C@@H](O)C12CC(=O)N1C(C(=O)O)=C(S[C@H]1C[C@@H](C(=O)N(C)C)N(C(=O)OCc3ccc([N+](=O)[O-])cc3)C1)[C@@H]2C. The molecule has 3 aliphatic heterocycles. The summed E-state index contributed by atoms with van der Waals surface area (Å²) >= 11 is 1.21. The molecule has 1 aromatic carbocycles. The lowest BCUT2D eigenvalue weighted by Gasteiger charge is -2.52. The molecular weight excluding hydrogens is 532 g/mol. The number of carboxylic acid groups (broad SMARTS) is 1. The van der Waals surface area contributed by atoms with Gasteiger partial charge in [-0.1, -0.05) is 6.92 Å². The second-order valence-electron chi connectivity index (χ2n) is 10.2. The molecule has 1 aromatic rings. The van der Waals surface area contributed by atoms with Crippen LogP contribution in [0, 0.1) is 16.0 Å². The number of carboxylic acids is 1. The molecule has 3 amide bonds. The first-order valence-corrected chi connectivity index (χ1v) is 13.2. The Morgan fingerprint density at radius 3 is 2.44 bits per heavy atom. The summed E-state index contributed by atoms with van der Waals surface area (Å²) in [7, 11) is 3.13. The monoisotopic (exact) mass is 562 g/mol. The number of hydrogen-bond donors (Lipinski definition) is 2. The first-order valence-electron chi connectivity index (χ1n) is 12.3. The predicted octanol–water partition coefficient (Wildman–Crippen LogP) is 1.79. The number of benzene rings is 1. The zero-order chi connectivity index (χ0) is 28.8. The highest BCUT2D eigenvalue weighted by Crippen LogP contribution is 2.57. The van der Waals surface area contributed by atoms with Crippen molar-refractivity contribution in [2.24, 2.45) is 5.92 Å². The van der Waals surface area contributed by atoms with Crippen molar-refractivity contribution in [2.45, 2.75) is 56.2 Å². The molecule has 0 aliphatic carbocycles. The van der Waals surface area contributed by atoms with Crippen molar-refractivity contribution in [2.75, 3.05) is 20.6 Å². The molecule has 5 atom stereocenters. The Bertz CT molecular complexity index is 1250. The number of likely N-dealkylation sites (tertiary alicyclic amines) is 1. The van der Waals surface area contributed by atoms with E-state index in [0.717, 1.165) is 0 Å². The molecule has 4 rings (SSSR count). The largest absolute Gasteiger partial charge is 0.477 e. The minimum absolute atomic E-state index is 0.0280. The molecular formula is C25H30N4O9S. The molecule has 39 heavy (non-hydrogen) atoms. The van der Waals surface area contributed by atoms with Gasteiger partial charge in [0, 0.05) is 48.8 Å². The number of carbonyl (C=O) groups excluding carboxylic acids is 3. The number of aliphatic hydroxyl groups excluding tert-OH is 1. The van der Waals surface area contributed by atoms with Gasteiger partial charge in [0.25, 0.3) is 5.69 Å². The first kappa shape index (κ1) is 28.4. The number of rotatable bonds is 8. The highest BCUT2D eigenvalue weighted by Gasteiger charge is 2.65. The summed E-state index contributed by atoms with van der Waals surface area (Å²) in [5.74, 6) is -2.44. The summed E-state index contributed by atoms with van der Waals surface area (Å²) in [6, 6.07) is 4.70. The molecule has 1 unspecified atom stereocenters. The quantitative estimate of drug-likeness (QED) is 0.270. The third-order valence-electron chi connectivity index (χ3n) is 7.65. The van der Waals surface area contributed by atoms with Crippen LogP contribution in [0.3, 0.4) is 0 Å². The maximum Gasteiger partial charge on any atom is 0.410 e. The van der Waals surface area contributed by atoms with Crippen molar-refractivity contribution in [3.63, 3.8) is 0 Å². The summed E-state index contributed by atoms with van der Waals surface area (Å²) in [6.45, 7) is 3.24. The first-order chi connectivity index (χ1) is 18.3. The molecule has 0 radical (unpaired) electrons. The Balaban J connectivity index is 1.53. The van der Waals surface area contributed by atoms with Crippen molar-refractivity contribution < 1.29 is 39.1 Å². The van der Waals surface area contributed by atoms with E-state index in [9.17, 15) is 39.5 Å². The average Bonchev–Trinajstić information content (AvgIpc) is 3.38. The molecule has 0 aromatic heterocycles. The van der Waals surface area contributed by atoms with Crippen LogP contribution >= 0.6 is 11.8 Å². The molecule has 0 bridgehead atoms.